The lowest BCUT2D eigenvalue weighted by molar-refractivity contribution is -0.137. The van der Waals surface area contributed by atoms with Crippen molar-refractivity contribution in [1.29, 1.82) is 0 Å². The highest BCUT2D eigenvalue weighted by Crippen LogP contribution is 2.29. The van der Waals surface area contributed by atoms with E-state index in [1.54, 1.807) is 0 Å². The first-order valence-electron chi connectivity index (χ1n) is 9.83. The Labute approximate surface area is 164 Å². The van der Waals surface area contributed by atoms with Gasteiger partial charge in [0.2, 0.25) is 5.91 Å². The number of hydrogen-bond donors (Lipinski definition) is 1. The first kappa shape index (κ1) is 18.2. The molecule has 5 heteroatoms. The van der Waals surface area contributed by atoms with Gasteiger partial charge in [-0.2, -0.15) is 0 Å². The summed E-state index contributed by atoms with van der Waals surface area (Å²) < 4.78 is 0. The number of amides is 2. The summed E-state index contributed by atoms with van der Waals surface area (Å²) in [5.74, 6) is 0.422. The molecule has 1 aliphatic heterocycles. The molecule has 2 heterocycles. The molecule has 0 saturated heterocycles. The fourth-order valence-corrected chi connectivity index (χ4v) is 5.01. The van der Waals surface area contributed by atoms with Crippen molar-refractivity contribution in [2.24, 2.45) is 5.92 Å². The lowest BCUT2D eigenvalue weighted by Gasteiger charge is -2.35. The van der Waals surface area contributed by atoms with Crippen LogP contribution in [-0.4, -0.2) is 29.3 Å². The number of aryl methyl sites for hydroxylation is 1. The largest absolute Gasteiger partial charge is 0.349 e. The molecular weight excluding hydrogens is 356 g/mol. The Morgan fingerprint density at radius 2 is 1.78 bits per heavy atom. The molecule has 27 heavy (non-hydrogen) atoms. The Balaban J connectivity index is 1.29. The van der Waals surface area contributed by atoms with Crippen LogP contribution in [0.3, 0.4) is 0 Å². The molecule has 1 N–H and O–H groups in total. The van der Waals surface area contributed by atoms with E-state index < -0.39 is 0 Å². The zero-order chi connectivity index (χ0) is 18.8. The van der Waals surface area contributed by atoms with Crippen LogP contribution in [0.25, 0.3) is 0 Å². The molecule has 1 saturated carbocycles. The fourth-order valence-electron chi connectivity index (χ4n) is 4.24. The molecule has 1 aromatic carbocycles. The molecule has 1 aromatic heterocycles. The number of rotatable bonds is 3. The third kappa shape index (κ3) is 4.08. The van der Waals surface area contributed by atoms with Crippen LogP contribution in [0.4, 0.5) is 0 Å². The van der Waals surface area contributed by atoms with Crippen molar-refractivity contribution < 1.29 is 9.59 Å². The molecule has 4 nitrogen and oxygen atoms in total. The van der Waals surface area contributed by atoms with Crippen LogP contribution in [0.15, 0.2) is 36.4 Å². The second-order valence-corrected chi connectivity index (χ2v) is 9.00. The Bertz CT molecular complexity index is 836. The van der Waals surface area contributed by atoms with Gasteiger partial charge in [-0.25, -0.2) is 0 Å². The summed E-state index contributed by atoms with van der Waals surface area (Å²) in [5.41, 5.74) is 2.65. The van der Waals surface area contributed by atoms with Crippen LogP contribution in [0.2, 0.25) is 0 Å². The van der Waals surface area contributed by atoms with Crippen molar-refractivity contribution in [3.63, 3.8) is 0 Å². The second-order valence-electron chi connectivity index (χ2n) is 7.71. The van der Waals surface area contributed by atoms with E-state index in [1.165, 1.54) is 22.5 Å². The standard InChI is InChI=1S/C22H26N2O2S/c1-15-6-11-20(27-15)21(25)23-19-9-7-17(8-10-19)22(26)24-13-12-16-4-2-3-5-18(16)14-24/h2-6,11,17,19H,7-10,12-14H2,1H3,(H,23,25). The molecule has 2 amide bonds. The highest BCUT2D eigenvalue weighted by molar-refractivity contribution is 7.13. The Hall–Kier alpha value is -2.14. The minimum absolute atomic E-state index is 0.0236. The summed E-state index contributed by atoms with van der Waals surface area (Å²) in [6, 6.07) is 12.5. The van der Waals surface area contributed by atoms with Gasteiger partial charge in [-0.3, -0.25) is 9.59 Å². The van der Waals surface area contributed by atoms with Crippen molar-refractivity contribution >= 4 is 23.2 Å². The van der Waals surface area contributed by atoms with Gasteiger partial charge in [0.25, 0.3) is 5.91 Å². The van der Waals surface area contributed by atoms with Crippen molar-refractivity contribution in [3.8, 4) is 0 Å². The van der Waals surface area contributed by atoms with E-state index in [0.29, 0.717) is 5.91 Å². The highest BCUT2D eigenvalue weighted by Gasteiger charge is 2.31. The number of fused-ring (bicyclic) bond motifs is 1. The minimum atomic E-state index is 0.0236. The van der Waals surface area contributed by atoms with Crippen molar-refractivity contribution in [2.45, 2.75) is 51.6 Å². The first-order chi connectivity index (χ1) is 13.1. The maximum absolute atomic E-state index is 13.0. The normalized spacial score (nSPS) is 22.2. The summed E-state index contributed by atoms with van der Waals surface area (Å²) in [6.45, 7) is 3.57. The van der Waals surface area contributed by atoms with E-state index >= 15 is 0 Å². The van der Waals surface area contributed by atoms with E-state index in [2.05, 4.69) is 29.6 Å². The lowest BCUT2D eigenvalue weighted by atomic mass is 9.84. The summed E-state index contributed by atoms with van der Waals surface area (Å²) in [6.07, 6.45) is 4.46. The molecule has 0 spiro atoms. The van der Waals surface area contributed by atoms with Crippen LogP contribution in [0, 0.1) is 12.8 Å². The quantitative estimate of drug-likeness (QED) is 0.874. The number of hydrogen-bond acceptors (Lipinski definition) is 3. The number of carbonyl (C=O) groups excluding carboxylic acids is 2. The smallest absolute Gasteiger partial charge is 0.261 e. The Morgan fingerprint density at radius 1 is 1.04 bits per heavy atom. The summed E-state index contributed by atoms with van der Waals surface area (Å²) in [5, 5.41) is 3.15. The first-order valence-corrected chi connectivity index (χ1v) is 10.6. The van der Waals surface area contributed by atoms with Crippen LogP contribution in [-0.2, 0) is 17.8 Å². The van der Waals surface area contributed by atoms with Crippen LogP contribution in [0.5, 0.6) is 0 Å². The average Bonchev–Trinajstić information content (AvgIpc) is 3.14. The summed E-state index contributed by atoms with van der Waals surface area (Å²) in [4.78, 5) is 29.2. The molecule has 0 atom stereocenters. The van der Waals surface area contributed by atoms with E-state index in [4.69, 9.17) is 0 Å². The molecule has 2 aliphatic rings. The third-order valence-corrected chi connectivity index (χ3v) is 6.82. The summed E-state index contributed by atoms with van der Waals surface area (Å²) in [7, 11) is 0. The minimum Gasteiger partial charge on any atom is -0.349 e. The van der Waals surface area contributed by atoms with Crippen molar-refractivity contribution in [3.05, 3.63) is 57.3 Å². The molecular formula is C22H26N2O2S. The topological polar surface area (TPSA) is 49.4 Å². The predicted octanol–water partition coefficient (Wildman–Crippen LogP) is 3.93. The third-order valence-electron chi connectivity index (χ3n) is 5.82. The maximum Gasteiger partial charge on any atom is 0.261 e. The van der Waals surface area contributed by atoms with Crippen LogP contribution < -0.4 is 5.32 Å². The molecule has 0 unspecified atom stereocenters. The molecule has 0 radical (unpaired) electrons. The van der Waals surface area contributed by atoms with Gasteiger partial charge in [0.1, 0.15) is 0 Å². The van der Waals surface area contributed by atoms with Crippen LogP contribution >= 0.6 is 11.3 Å². The molecule has 4 rings (SSSR count). The molecule has 2 aromatic rings. The van der Waals surface area contributed by atoms with Gasteiger partial charge in [0.15, 0.2) is 0 Å². The van der Waals surface area contributed by atoms with E-state index in [-0.39, 0.29) is 17.9 Å². The van der Waals surface area contributed by atoms with Gasteiger partial charge in [0.05, 0.1) is 4.88 Å². The molecule has 1 aliphatic carbocycles. The van der Waals surface area contributed by atoms with Gasteiger partial charge in [-0.1, -0.05) is 24.3 Å². The zero-order valence-corrected chi connectivity index (χ0v) is 16.6. The van der Waals surface area contributed by atoms with Gasteiger partial charge < -0.3 is 10.2 Å². The predicted molar refractivity (Wildman–Crippen MR) is 108 cm³/mol. The average molecular weight is 383 g/mol. The number of nitrogens with zero attached hydrogens (tertiary/aromatic N) is 1. The number of thiophene rings is 1. The van der Waals surface area contributed by atoms with E-state index in [1.807, 2.05) is 24.0 Å². The molecule has 142 valence electrons. The van der Waals surface area contributed by atoms with Gasteiger partial charge in [-0.15, -0.1) is 11.3 Å². The lowest BCUT2D eigenvalue weighted by Crippen LogP contribution is -2.43. The highest BCUT2D eigenvalue weighted by atomic mass is 32.1. The SMILES string of the molecule is Cc1ccc(C(=O)NC2CCC(C(=O)N3CCc4ccccc4C3)CC2)s1. The second kappa shape index (κ2) is 7.85. The number of carbonyl (C=O) groups is 2. The number of nitrogens with one attached hydrogen (secondary N) is 1. The number of benzene rings is 1. The maximum atomic E-state index is 13.0. The zero-order valence-electron chi connectivity index (χ0n) is 15.7. The van der Waals surface area contributed by atoms with Crippen molar-refractivity contribution in [1.82, 2.24) is 10.2 Å². The van der Waals surface area contributed by atoms with Gasteiger partial charge in [-0.05, 0) is 62.3 Å². The summed E-state index contributed by atoms with van der Waals surface area (Å²) >= 11 is 1.53. The van der Waals surface area contributed by atoms with E-state index in [0.717, 1.165) is 54.9 Å². The Kier molecular flexibility index (Phi) is 5.30. The monoisotopic (exact) mass is 382 g/mol. The van der Waals surface area contributed by atoms with Crippen molar-refractivity contribution in [2.75, 3.05) is 6.54 Å². The fraction of sp³-hybridized carbons (Fsp3) is 0.455. The Morgan fingerprint density at radius 3 is 2.48 bits per heavy atom. The van der Waals surface area contributed by atoms with E-state index in [9.17, 15) is 9.59 Å². The molecule has 0 bridgehead atoms. The molecule has 1 fully saturated rings. The van der Waals surface area contributed by atoms with Crippen LogP contribution in [0.1, 0.15) is 51.4 Å². The van der Waals surface area contributed by atoms with Gasteiger partial charge >= 0.3 is 0 Å². The van der Waals surface area contributed by atoms with Gasteiger partial charge in [0, 0.05) is 29.9 Å².